The van der Waals surface area contributed by atoms with Crippen LogP contribution in [0.15, 0.2) is 23.6 Å². The summed E-state index contributed by atoms with van der Waals surface area (Å²) in [6.45, 7) is 4.42. The van der Waals surface area contributed by atoms with E-state index in [0.29, 0.717) is 0 Å². The molecule has 0 bridgehead atoms. The third-order valence-electron chi connectivity index (χ3n) is 3.99. The number of methoxy groups -OCH3 is 1. The molecule has 1 aromatic carbocycles. The Balaban J connectivity index is 1.80. The topological polar surface area (TPSA) is 25.4 Å². The van der Waals surface area contributed by atoms with Crippen LogP contribution >= 0.6 is 11.3 Å². The van der Waals surface area contributed by atoms with Crippen LogP contribution in [0.5, 0.6) is 5.75 Å². The van der Waals surface area contributed by atoms with Crippen molar-refractivity contribution < 1.29 is 9.13 Å². The molecule has 1 fully saturated rings. The second-order valence-corrected chi connectivity index (χ2v) is 6.37. The highest BCUT2D eigenvalue weighted by Gasteiger charge is 2.19. The average molecular weight is 306 g/mol. The lowest BCUT2D eigenvalue weighted by Gasteiger charge is -2.29. The molecule has 3 rings (SSSR count). The minimum Gasteiger partial charge on any atom is -0.494 e. The summed E-state index contributed by atoms with van der Waals surface area (Å²) in [4.78, 5) is 6.99. The molecule has 1 aromatic heterocycles. The highest BCUT2D eigenvalue weighted by atomic mass is 32.1. The van der Waals surface area contributed by atoms with Crippen LogP contribution in [0.1, 0.15) is 19.8 Å². The van der Waals surface area contributed by atoms with Gasteiger partial charge >= 0.3 is 0 Å². The third-order valence-corrected chi connectivity index (χ3v) is 4.90. The highest BCUT2D eigenvalue weighted by Crippen LogP contribution is 2.31. The second kappa shape index (κ2) is 6.02. The van der Waals surface area contributed by atoms with Crippen LogP contribution in [0.25, 0.3) is 11.3 Å². The Morgan fingerprint density at radius 1 is 1.33 bits per heavy atom. The molecule has 1 aliphatic rings. The van der Waals surface area contributed by atoms with Crippen molar-refractivity contribution in [2.45, 2.75) is 19.8 Å². The monoisotopic (exact) mass is 306 g/mol. The van der Waals surface area contributed by atoms with Gasteiger partial charge in [-0.05, 0) is 37.0 Å². The minimum atomic E-state index is -0.351. The van der Waals surface area contributed by atoms with E-state index in [2.05, 4.69) is 16.8 Å². The van der Waals surface area contributed by atoms with Crippen LogP contribution in [-0.4, -0.2) is 25.2 Å². The Morgan fingerprint density at radius 2 is 2.10 bits per heavy atom. The first-order valence-corrected chi connectivity index (χ1v) is 8.09. The predicted molar refractivity (Wildman–Crippen MR) is 84.7 cm³/mol. The number of anilines is 1. The lowest BCUT2D eigenvalue weighted by atomic mass is 10.00. The van der Waals surface area contributed by atoms with Gasteiger partial charge in [0.05, 0.1) is 12.8 Å². The number of rotatable bonds is 3. The van der Waals surface area contributed by atoms with Gasteiger partial charge in [0.2, 0.25) is 0 Å². The maximum atomic E-state index is 13.8. The lowest BCUT2D eigenvalue weighted by Crippen LogP contribution is -2.32. The van der Waals surface area contributed by atoms with Crippen molar-refractivity contribution >= 4 is 16.5 Å². The van der Waals surface area contributed by atoms with Crippen LogP contribution in [0.3, 0.4) is 0 Å². The number of aromatic nitrogens is 1. The average Bonchev–Trinajstić information content (AvgIpc) is 2.98. The van der Waals surface area contributed by atoms with Crippen LogP contribution in [0.2, 0.25) is 0 Å². The summed E-state index contributed by atoms with van der Waals surface area (Å²) in [5, 5.41) is 3.03. The Hall–Kier alpha value is -1.62. The van der Waals surface area contributed by atoms with Crippen LogP contribution < -0.4 is 9.64 Å². The molecule has 21 heavy (non-hydrogen) atoms. The highest BCUT2D eigenvalue weighted by molar-refractivity contribution is 7.14. The lowest BCUT2D eigenvalue weighted by molar-refractivity contribution is 0.386. The van der Waals surface area contributed by atoms with Gasteiger partial charge in [-0.1, -0.05) is 6.92 Å². The van der Waals surface area contributed by atoms with Crippen molar-refractivity contribution in [2.24, 2.45) is 5.92 Å². The van der Waals surface area contributed by atoms with Gasteiger partial charge in [0.1, 0.15) is 0 Å². The van der Waals surface area contributed by atoms with Crippen molar-refractivity contribution in [1.29, 1.82) is 0 Å². The molecule has 2 aromatic rings. The fourth-order valence-electron chi connectivity index (χ4n) is 2.57. The molecule has 3 nitrogen and oxygen atoms in total. The quantitative estimate of drug-likeness (QED) is 0.850. The number of hydrogen-bond acceptors (Lipinski definition) is 4. The Labute approximate surface area is 128 Å². The van der Waals surface area contributed by atoms with Crippen molar-refractivity contribution in [3.8, 4) is 17.0 Å². The van der Waals surface area contributed by atoms with Crippen molar-refractivity contribution in [3.05, 3.63) is 29.4 Å². The summed E-state index contributed by atoms with van der Waals surface area (Å²) in [7, 11) is 1.47. The zero-order valence-corrected chi connectivity index (χ0v) is 13.1. The van der Waals surface area contributed by atoms with Gasteiger partial charge in [-0.2, -0.15) is 0 Å². The van der Waals surface area contributed by atoms with E-state index in [0.717, 1.165) is 35.4 Å². The Kier molecular flexibility index (Phi) is 4.10. The number of benzene rings is 1. The maximum Gasteiger partial charge on any atom is 0.185 e. The van der Waals surface area contributed by atoms with E-state index in [4.69, 9.17) is 4.74 Å². The normalized spacial score (nSPS) is 16.2. The largest absolute Gasteiger partial charge is 0.494 e. The summed E-state index contributed by atoms with van der Waals surface area (Å²) in [5.41, 5.74) is 1.62. The van der Waals surface area contributed by atoms with Gasteiger partial charge in [-0.25, -0.2) is 9.37 Å². The molecule has 0 radical (unpaired) electrons. The first-order chi connectivity index (χ1) is 10.2. The molecule has 0 amide bonds. The van der Waals surface area contributed by atoms with Gasteiger partial charge in [-0.3, -0.25) is 0 Å². The van der Waals surface area contributed by atoms with Crippen molar-refractivity contribution in [3.63, 3.8) is 0 Å². The molecule has 5 heteroatoms. The first kappa shape index (κ1) is 14.3. The fourth-order valence-corrected chi connectivity index (χ4v) is 3.46. The summed E-state index contributed by atoms with van der Waals surface area (Å²) in [6.07, 6.45) is 2.43. The molecule has 0 spiro atoms. The van der Waals surface area contributed by atoms with Crippen LogP contribution in [0, 0.1) is 11.7 Å². The van der Waals surface area contributed by atoms with E-state index in [9.17, 15) is 4.39 Å². The van der Waals surface area contributed by atoms with Gasteiger partial charge in [0.15, 0.2) is 16.7 Å². The SMILES string of the molecule is COc1ccc(-c2csc(N3CCC(C)CC3)n2)cc1F. The molecule has 0 atom stereocenters. The summed E-state index contributed by atoms with van der Waals surface area (Å²) < 4.78 is 18.7. The number of halogens is 1. The van der Waals surface area contributed by atoms with Gasteiger partial charge in [0.25, 0.3) is 0 Å². The number of hydrogen-bond donors (Lipinski definition) is 0. The van der Waals surface area contributed by atoms with Gasteiger partial charge in [0, 0.05) is 24.0 Å². The van der Waals surface area contributed by atoms with E-state index in [-0.39, 0.29) is 11.6 Å². The first-order valence-electron chi connectivity index (χ1n) is 7.22. The Morgan fingerprint density at radius 3 is 2.76 bits per heavy atom. The molecular formula is C16H19FN2OS. The van der Waals surface area contributed by atoms with Crippen molar-refractivity contribution in [1.82, 2.24) is 4.98 Å². The van der Waals surface area contributed by atoms with Gasteiger partial charge in [-0.15, -0.1) is 11.3 Å². The molecule has 1 saturated heterocycles. The van der Waals surface area contributed by atoms with E-state index in [1.54, 1.807) is 17.4 Å². The number of nitrogens with zero attached hydrogens (tertiary/aromatic N) is 2. The van der Waals surface area contributed by atoms with Crippen LogP contribution in [-0.2, 0) is 0 Å². The van der Waals surface area contributed by atoms with Crippen LogP contribution in [0.4, 0.5) is 9.52 Å². The maximum absolute atomic E-state index is 13.8. The molecule has 0 aliphatic carbocycles. The summed E-state index contributed by atoms with van der Waals surface area (Å²) >= 11 is 1.63. The summed E-state index contributed by atoms with van der Waals surface area (Å²) in [5.74, 6) is 0.715. The molecular weight excluding hydrogens is 287 g/mol. The molecule has 112 valence electrons. The number of thiazole rings is 1. The molecule has 0 saturated carbocycles. The fraction of sp³-hybridized carbons (Fsp3) is 0.438. The predicted octanol–water partition coefficient (Wildman–Crippen LogP) is 4.19. The third kappa shape index (κ3) is 3.02. The van der Waals surface area contributed by atoms with E-state index >= 15 is 0 Å². The molecule has 0 unspecified atom stereocenters. The number of ether oxygens (including phenoxy) is 1. The van der Waals surface area contributed by atoms with E-state index < -0.39 is 0 Å². The van der Waals surface area contributed by atoms with Crippen molar-refractivity contribution in [2.75, 3.05) is 25.1 Å². The number of piperidine rings is 1. The zero-order chi connectivity index (χ0) is 14.8. The molecule has 0 N–H and O–H groups in total. The second-order valence-electron chi connectivity index (χ2n) is 5.53. The Bertz CT molecular complexity index is 620. The van der Waals surface area contributed by atoms with Gasteiger partial charge < -0.3 is 9.64 Å². The zero-order valence-electron chi connectivity index (χ0n) is 12.3. The standard InChI is InChI=1S/C16H19FN2OS/c1-11-5-7-19(8-6-11)16-18-14(10-21-16)12-3-4-15(20-2)13(17)9-12/h3-4,9-11H,5-8H2,1-2H3. The smallest absolute Gasteiger partial charge is 0.185 e. The molecule has 2 heterocycles. The summed E-state index contributed by atoms with van der Waals surface area (Å²) in [6, 6.07) is 4.97. The molecule has 1 aliphatic heterocycles. The van der Waals surface area contributed by atoms with E-state index in [1.807, 2.05) is 11.4 Å². The van der Waals surface area contributed by atoms with E-state index in [1.165, 1.54) is 26.0 Å². The minimum absolute atomic E-state index is 0.263.